The summed E-state index contributed by atoms with van der Waals surface area (Å²) in [6, 6.07) is 4.66. The summed E-state index contributed by atoms with van der Waals surface area (Å²) in [5, 5.41) is 16.6. The maximum atomic E-state index is 12.9. The largest absolute Gasteiger partial charge is 0.496 e. The molecular weight excluding hydrogens is 418 g/mol. The van der Waals surface area contributed by atoms with Crippen molar-refractivity contribution in [2.24, 2.45) is 11.8 Å². The minimum atomic E-state index is -0.833. The van der Waals surface area contributed by atoms with Gasteiger partial charge in [-0.1, -0.05) is 12.2 Å². The molecule has 1 heterocycles. The van der Waals surface area contributed by atoms with Crippen LogP contribution >= 0.6 is 0 Å². The molecule has 0 saturated heterocycles. The molecule has 2 atom stereocenters. The molecule has 3 rings (SSSR count). The first kappa shape index (κ1) is 23.0. The molecule has 1 aliphatic heterocycles. The number of benzene rings is 1. The molecule has 1 aromatic rings. The number of fused-ring (bicyclic) bond motifs is 1. The molecule has 0 radical (unpaired) electrons. The van der Waals surface area contributed by atoms with Crippen molar-refractivity contribution in [3.05, 3.63) is 47.7 Å². The molecule has 0 saturated carbocycles. The molecule has 0 fully saturated rings. The predicted octanol–water partition coefficient (Wildman–Crippen LogP) is 1.35. The van der Waals surface area contributed by atoms with E-state index < -0.39 is 17.8 Å². The lowest BCUT2D eigenvalue weighted by atomic mass is 9.83. The Hall–Kier alpha value is -3.66. The molecule has 3 N–H and O–H groups in total. The molecule has 32 heavy (non-hydrogen) atoms. The zero-order valence-corrected chi connectivity index (χ0v) is 17.8. The van der Waals surface area contributed by atoms with Crippen molar-refractivity contribution >= 4 is 23.4 Å². The van der Waals surface area contributed by atoms with Gasteiger partial charge in [0.2, 0.25) is 0 Å². The van der Waals surface area contributed by atoms with Crippen LogP contribution in [0.4, 0.5) is 0 Å². The van der Waals surface area contributed by atoms with E-state index in [9.17, 15) is 14.4 Å². The van der Waals surface area contributed by atoms with Crippen LogP contribution in [0.1, 0.15) is 17.3 Å². The van der Waals surface area contributed by atoms with Crippen molar-refractivity contribution in [3.8, 4) is 11.5 Å². The van der Waals surface area contributed by atoms with Gasteiger partial charge >= 0.3 is 5.97 Å². The van der Waals surface area contributed by atoms with Gasteiger partial charge in [0.05, 0.1) is 37.7 Å². The van der Waals surface area contributed by atoms with Crippen molar-refractivity contribution in [2.75, 3.05) is 33.4 Å². The number of esters is 1. The number of rotatable bonds is 9. The normalized spacial score (nSPS) is 19.2. The minimum Gasteiger partial charge on any atom is -0.496 e. The fourth-order valence-corrected chi connectivity index (χ4v) is 3.65. The van der Waals surface area contributed by atoms with Crippen molar-refractivity contribution in [2.45, 2.75) is 6.92 Å². The van der Waals surface area contributed by atoms with E-state index in [0.717, 1.165) is 5.57 Å². The highest BCUT2D eigenvalue weighted by molar-refractivity contribution is 6.07. The number of ketones is 2. The summed E-state index contributed by atoms with van der Waals surface area (Å²) in [5.74, 6) is -1.83. The molecule has 2 unspecified atom stereocenters. The maximum Gasteiger partial charge on any atom is 0.344 e. The number of carbonyl (C=O) groups excluding carboxylic acids is 3. The Morgan fingerprint density at radius 2 is 2.12 bits per heavy atom. The average Bonchev–Trinajstić information content (AvgIpc) is 3.20. The molecule has 0 aromatic heterocycles. The van der Waals surface area contributed by atoms with E-state index >= 15 is 0 Å². The lowest BCUT2D eigenvalue weighted by molar-refractivity contribution is -0.145. The van der Waals surface area contributed by atoms with Crippen molar-refractivity contribution in [1.29, 1.82) is 5.41 Å². The Labute approximate surface area is 184 Å². The number of amidine groups is 1. The van der Waals surface area contributed by atoms with Crippen LogP contribution in [-0.4, -0.2) is 66.9 Å². The fourth-order valence-electron chi connectivity index (χ4n) is 3.65. The molecule has 0 bridgehead atoms. The van der Waals surface area contributed by atoms with E-state index in [-0.39, 0.29) is 37.2 Å². The summed E-state index contributed by atoms with van der Waals surface area (Å²) in [4.78, 5) is 38.7. The van der Waals surface area contributed by atoms with Gasteiger partial charge in [-0.15, -0.1) is 0 Å². The number of hydrogen-bond acceptors (Lipinski definition) is 9. The summed E-state index contributed by atoms with van der Waals surface area (Å²) >= 11 is 0. The molecule has 0 amide bonds. The van der Waals surface area contributed by atoms with E-state index in [1.807, 2.05) is 0 Å². The number of allylic oxidation sites excluding steroid dienone is 1. The van der Waals surface area contributed by atoms with E-state index in [1.54, 1.807) is 47.8 Å². The van der Waals surface area contributed by atoms with E-state index in [4.69, 9.17) is 24.8 Å². The second-order valence-electron chi connectivity index (χ2n) is 7.25. The Morgan fingerprint density at radius 1 is 1.34 bits per heavy atom. The molecule has 10 nitrogen and oxygen atoms in total. The van der Waals surface area contributed by atoms with Gasteiger partial charge in [0.25, 0.3) is 0 Å². The quantitative estimate of drug-likeness (QED) is 0.170. The highest BCUT2D eigenvalue weighted by atomic mass is 16.6. The lowest BCUT2D eigenvalue weighted by Crippen LogP contribution is -2.39. The van der Waals surface area contributed by atoms with Crippen LogP contribution in [0.3, 0.4) is 0 Å². The Kier molecular flexibility index (Phi) is 7.26. The summed E-state index contributed by atoms with van der Waals surface area (Å²) in [6.07, 6.45) is 5.05. The SMILES string of the molecule is CCOC(=O)COc1ccc(C(=O)CN2C=C3C=CC(C(=N)NO)C(=O)C3C2)c(OC)c1. The third-order valence-corrected chi connectivity index (χ3v) is 5.20. The molecular formula is C22H25N3O7. The second kappa shape index (κ2) is 10.1. The van der Waals surface area contributed by atoms with Gasteiger partial charge in [-0.2, -0.15) is 0 Å². The topological polar surface area (TPSA) is 138 Å². The zero-order chi connectivity index (χ0) is 23.3. The number of nitrogens with zero attached hydrogens (tertiary/aromatic N) is 1. The van der Waals surface area contributed by atoms with E-state index in [1.165, 1.54) is 13.2 Å². The van der Waals surface area contributed by atoms with Gasteiger partial charge in [0.15, 0.2) is 18.2 Å². The highest BCUT2D eigenvalue weighted by Crippen LogP contribution is 2.32. The van der Waals surface area contributed by atoms with Crippen molar-refractivity contribution in [1.82, 2.24) is 10.4 Å². The van der Waals surface area contributed by atoms with Crippen LogP contribution in [0.15, 0.2) is 42.1 Å². The first-order chi connectivity index (χ1) is 15.4. The fraction of sp³-hybridized carbons (Fsp3) is 0.364. The molecule has 10 heteroatoms. The van der Waals surface area contributed by atoms with Gasteiger partial charge in [0, 0.05) is 18.8 Å². The lowest BCUT2D eigenvalue weighted by Gasteiger charge is -2.23. The van der Waals surface area contributed by atoms with Crippen molar-refractivity contribution < 1.29 is 33.8 Å². The van der Waals surface area contributed by atoms with Crippen LogP contribution < -0.4 is 15.0 Å². The van der Waals surface area contributed by atoms with Crippen molar-refractivity contribution in [3.63, 3.8) is 0 Å². The summed E-state index contributed by atoms with van der Waals surface area (Å²) < 4.78 is 15.5. The smallest absolute Gasteiger partial charge is 0.344 e. The standard InChI is InChI=1S/C22H25N3O7/c1-3-31-20(27)12-32-14-5-7-15(19(8-14)30-2)18(26)11-25-9-13-4-6-16(22(23)24-29)21(28)17(13)10-25/h4-9,16-17,29H,3,10-12H2,1-2H3,(H2,23,24). The molecule has 1 aliphatic carbocycles. The summed E-state index contributed by atoms with van der Waals surface area (Å²) in [7, 11) is 1.43. The van der Waals surface area contributed by atoms with Crippen LogP contribution in [0, 0.1) is 17.2 Å². The van der Waals surface area contributed by atoms with Gasteiger partial charge in [0.1, 0.15) is 17.3 Å². The predicted molar refractivity (Wildman–Crippen MR) is 113 cm³/mol. The number of methoxy groups -OCH3 is 1. The number of ether oxygens (including phenoxy) is 3. The molecule has 1 aromatic carbocycles. The minimum absolute atomic E-state index is 0.0286. The third kappa shape index (κ3) is 4.97. The first-order valence-electron chi connectivity index (χ1n) is 10.0. The Bertz CT molecular complexity index is 986. The number of nitrogens with one attached hydrogen (secondary N) is 2. The van der Waals surface area contributed by atoms with Gasteiger partial charge < -0.3 is 19.1 Å². The van der Waals surface area contributed by atoms with Gasteiger partial charge in [-0.05, 0) is 24.6 Å². The van der Waals surface area contributed by atoms with Crippen LogP contribution in [-0.2, 0) is 14.3 Å². The van der Waals surface area contributed by atoms with Gasteiger partial charge in [-0.25, -0.2) is 4.79 Å². The third-order valence-electron chi connectivity index (χ3n) is 5.20. The number of carbonyl (C=O) groups is 3. The average molecular weight is 443 g/mol. The molecule has 0 spiro atoms. The van der Waals surface area contributed by atoms with E-state index in [2.05, 4.69) is 0 Å². The van der Waals surface area contributed by atoms with Gasteiger partial charge in [-0.3, -0.25) is 25.7 Å². The van der Waals surface area contributed by atoms with Crippen LogP contribution in [0.25, 0.3) is 0 Å². The number of Topliss-reactive ketones (excluding diaryl/α,β-unsaturated/α-hetero) is 2. The molecule has 170 valence electrons. The number of hydroxylamine groups is 1. The number of hydrogen-bond donors (Lipinski definition) is 3. The molecule has 2 aliphatic rings. The highest BCUT2D eigenvalue weighted by Gasteiger charge is 2.38. The monoisotopic (exact) mass is 443 g/mol. The van der Waals surface area contributed by atoms with Crippen LogP contribution in [0.5, 0.6) is 11.5 Å². The first-order valence-corrected chi connectivity index (χ1v) is 10.0. The maximum absolute atomic E-state index is 12.9. The Morgan fingerprint density at radius 3 is 2.81 bits per heavy atom. The zero-order valence-electron chi connectivity index (χ0n) is 17.8. The summed E-state index contributed by atoms with van der Waals surface area (Å²) in [6.45, 7) is 2.05. The second-order valence-corrected chi connectivity index (χ2v) is 7.25. The summed E-state index contributed by atoms with van der Waals surface area (Å²) in [5.41, 5.74) is 2.83. The van der Waals surface area contributed by atoms with Crippen LogP contribution in [0.2, 0.25) is 0 Å². The Balaban J connectivity index is 1.65. The van der Waals surface area contributed by atoms with E-state index in [0.29, 0.717) is 23.6 Å².